The summed E-state index contributed by atoms with van der Waals surface area (Å²) in [5, 5.41) is 3.56. The summed E-state index contributed by atoms with van der Waals surface area (Å²) in [4.78, 5) is 2.76. The smallest absolute Gasteiger partial charge is 0.0511 e. The molecule has 2 aromatic rings. The van der Waals surface area contributed by atoms with Crippen LogP contribution in [0.3, 0.4) is 0 Å². The first-order chi connectivity index (χ1) is 8.70. The number of nitrogens with zero attached hydrogens (tertiary/aromatic N) is 3. The molecule has 0 aliphatic heterocycles. The van der Waals surface area contributed by atoms with Gasteiger partial charge < -0.3 is 0 Å². The fourth-order valence-corrected chi connectivity index (χ4v) is 2.39. The molecule has 0 radical (unpaired) electrons. The first-order valence-corrected chi connectivity index (χ1v) is 6.36. The monoisotopic (exact) mass is 301 g/mol. The standard InChI is InChI=1S/C14H12BrN3/c1-10-2-5-12(6-3-10)13-7-4-11(8-14(13)15)9-17-18-16/h2-8H,9H2,1H3. The molecule has 0 spiro atoms. The van der Waals surface area contributed by atoms with Gasteiger partial charge in [-0.05, 0) is 35.2 Å². The number of hydrogen-bond donors (Lipinski definition) is 0. The third-order valence-corrected chi connectivity index (χ3v) is 3.37. The van der Waals surface area contributed by atoms with Crippen LogP contribution in [0.5, 0.6) is 0 Å². The van der Waals surface area contributed by atoms with Gasteiger partial charge in [0.2, 0.25) is 0 Å². The molecule has 90 valence electrons. The molecule has 3 nitrogen and oxygen atoms in total. The van der Waals surface area contributed by atoms with Crippen molar-refractivity contribution in [2.45, 2.75) is 13.5 Å². The van der Waals surface area contributed by atoms with E-state index in [1.54, 1.807) is 0 Å². The topological polar surface area (TPSA) is 48.8 Å². The first kappa shape index (κ1) is 12.7. The summed E-state index contributed by atoms with van der Waals surface area (Å²) in [7, 11) is 0. The third kappa shape index (κ3) is 2.92. The average Bonchev–Trinajstić information content (AvgIpc) is 2.38. The quantitative estimate of drug-likeness (QED) is 0.423. The largest absolute Gasteiger partial charge is 0.0893 e. The van der Waals surface area contributed by atoms with Crippen molar-refractivity contribution in [2.75, 3.05) is 0 Å². The van der Waals surface area contributed by atoms with E-state index < -0.39 is 0 Å². The minimum absolute atomic E-state index is 0.378. The van der Waals surface area contributed by atoms with Crippen LogP contribution in [0.4, 0.5) is 0 Å². The summed E-state index contributed by atoms with van der Waals surface area (Å²) in [6.45, 7) is 2.45. The minimum atomic E-state index is 0.378. The van der Waals surface area contributed by atoms with Crippen LogP contribution in [0, 0.1) is 6.92 Å². The lowest BCUT2D eigenvalue weighted by molar-refractivity contribution is 1.05. The Morgan fingerprint density at radius 1 is 1.17 bits per heavy atom. The van der Waals surface area contributed by atoms with E-state index in [2.05, 4.69) is 57.1 Å². The zero-order valence-electron chi connectivity index (χ0n) is 9.97. The summed E-state index contributed by atoms with van der Waals surface area (Å²) < 4.78 is 1.01. The van der Waals surface area contributed by atoms with Crippen molar-refractivity contribution >= 4 is 15.9 Å². The van der Waals surface area contributed by atoms with Gasteiger partial charge in [0.15, 0.2) is 0 Å². The fraction of sp³-hybridized carbons (Fsp3) is 0.143. The van der Waals surface area contributed by atoms with Crippen molar-refractivity contribution in [3.8, 4) is 11.1 Å². The van der Waals surface area contributed by atoms with Crippen molar-refractivity contribution < 1.29 is 0 Å². The summed E-state index contributed by atoms with van der Waals surface area (Å²) in [6.07, 6.45) is 0. The number of benzene rings is 2. The molecule has 0 saturated carbocycles. The molecule has 0 N–H and O–H groups in total. The van der Waals surface area contributed by atoms with Crippen LogP contribution in [-0.4, -0.2) is 0 Å². The van der Waals surface area contributed by atoms with Crippen LogP contribution in [0.15, 0.2) is 52.1 Å². The van der Waals surface area contributed by atoms with Crippen molar-refractivity contribution in [2.24, 2.45) is 5.11 Å². The number of rotatable bonds is 3. The number of azide groups is 1. The maximum absolute atomic E-state index is 8.30. The van der Waals surface area contributed by atoms with E-state index in [4.69, 9.17) is 5.53 Å². The Morgan fingerprint density at radius 3 is 2.50 bits per heavy atom. The summed E-state index contributed by atoms with van der Waals surface area (Å²) in [5.41, 5.74) is 12.9. The van der Waals surface area contributed by atoms with Crippen molar-refractivity contribution in [3.63, 3.8) is 0 Å². The van der Waals surface area contributed by atoms with Gasteiger partial charge in [0.05, 0.1) is 6.54 Å². The minimum Gasteiger partial charge on any atom is -0.0893 e. The number of halogens is 1. The molecule has 0 unspecified atom stereocenters. The molecule has 18 heavy (non-hydrogen) atoms. The summed E-state index contributed by atoms with van der Waals surface area (Å²) in [6, 6.07) is 14.4. The molecule has 0 aromatic heterocycles. The van der Waals surface area contributed by atoms with E-state index in [0.717, 1.165) is 15.6 Å². The lowest BCUT2D eigenvalue weighted by atomic mass is 10.0. The van der Waals surface area contributed by atoms with Gasteiger partial charge in [-0.25, -0.2) is 0 Å². The fourth-order valence-electron chi connectivity index (χ4n) is 1.74. The molecule has 0 amide bonds. The second-order valence-corrected chi connectivity index (χ2v) is 4.92. The van der Waals surface area contributed by atoms with Gasteiger partial charge >= 0.3 is 0 Å². The predicted octanol–water partition coefficient (Wildman–Crippen LogP) is 5.23. The average molecular weight is 302 g/mol. The van der Waals surface area contributed by atoms with Crippen molar-refractivity contribution in [3.05, 3.63) is 68.5 Å². The lowest BCUT2D eigenvalue weighted by Crippen LogP contribution is -1.85. The third-order valence-electron chi connectivity index (χ3n) is 2.71. The van der Waals surface area contributed by atoms with E-state index in [1.807, 2.05) is 18.2 Å². The van der Waals surface area contributed by atoms with E-state index in [-0.39, 0.29) is 0 Å². The van der Waals surface area contributed by atoms with Gasteiger partial charge in [0.1, 0.15) is 0 Å². The van der Waals surface area contributed by atoms with Gasteiger partial charge in [-0.2, -0.15) is 0 Å². The second kappa shape index (κ2) is 5.71. The molecular formula is C14H12BrN3. The highest BCUT2D eigenvalue weighted by Crippen LogP contribution is 2.29. The van der Waals surface area contributed by atoms with Crippen LogP contribution < -0.4 is 0 Å². The van der Waals surface area contributed by atoms with Gasteiger partial charge in [0.25, 0.3) is 0 Å². The van der Waals surface area contributed by atoms with E-state index in [9.17, 15) is 0 Å². The number of aryl methyl sites for hydroxylation is 1. The second-order valence-electron chi connectivity index (χ2n) is 4.07. The van der Waals surface area contributed by atoms with Crippen molar-refractivity contribution in [1.29, 1.82) is 0 Å². The maximum Gasteiger partial charge on any atom is 0.0511 e. The SMILES string of the molecule is Cc1ccc(-c2ccc(CN=[N+]=[N-])cc2Br)cc1. The Kier molecular flexibility index (Phi) is 4.03. The Morgan fingerprint density at radius 2 is 1.89 bits per heavy atom. The zero-order chi connectivity index (χ0) is 13.0. The van der Waals surface area contributed by atoms with Gasteiger partial charge in [0, 0.05) is 9.38 Å². The zero-order valence-corrected chi connectivity index (χ0v) is 11.6. The molecule has 2 rings (SSSR count). The molecule has 0 saturated heterocycles. The van der Waals surface area contributed by atoms with E-state index >= 15 is 0 Å². The Labute approximate surface area is 114 Å². The van der Waals surface area contributed by atoms with E-state index in [1.165, 1.54) is 11.1 Å². The highest BCUT2D eigenvalue weighted by atomic mass is 79.9. The molecule has 2 aromatic carbocycles. The first-order valence-electron chi connectivity index (χ1n) is 5.57. The number of hydrogen-bond acceptors (Lipinski definition) is 1. The molecule has 0 aliphatic carbocycles. The lowest BCUT2D eigenvalue weighted by Gasteiger charge is -2.07. The Bertz CT molecular complexity index is 599. The molecule has 4 heteroatoms. The van der Waals surface area contributed by atoms with E-state index in [0.29, 0.717) is 6.54 Å². The van der Waals surface area contributed by atoms with Crippen LogP contribution >= 0.6 is 15.9 Å². The molecule has 0 fully saturated rings. The van der Waals surface area contributed by atoms with Crippen LogP contribution in [-0.2, 0) is 6.54 Å². The molecule has 0 heterocycles. The molecule has 0 bridgehead atoms. The van der Waals surface area contributed by atoms with Crippen LogP contribution in [0.25, 0.3) is 21.6 Å². The van der Waals surface area contributed by atoms with Gasteiger partial charge in [-0.1, -0.05) is 63.0 Å². The maximum atomic E-state index is 8.30. The molecule has 0 atom stereocenters. The summed E-state index contributed by atoms with van der Waals surface area (Å²) >= 11 is 3.56. The van der Waals surface area contributed by atoms with Gasteiger partial charge in [-0.3, -0.25) is 0 Å². The highest BCUT2D eigenvalue weighted by molar-refractivity contribution is 9.10. The molecule has 0 aliphatic rings. The Balaban J connectivity index is 2.35. The van der Waals surface area contributed by atoms with Crippen molar-refractivity contribution in [1.82, 2.24) is 0 Å². The highest BCUT2D eigenvalue weighted by Gasteiger charge is 2.03. The normalized spacial score (nSPS) is 9.89. The molecular weight excluding hydrogens is 290 g/mol. The predicted molar refractivity (Wildman–Crippen MR) is 77.2 cm³/mol. The summed E-state index contributed by atoms with van der Waals surface area (Å²) in [5.74, 6) is 0. The van der Waals surface area contributed by atoms with Gasteiger partial charge in [-0.15, -0.1) is 0 Å². The van der Waals surface area contributed by atoms with Crippen LogP contribution in [0.2, 0.25) is 0 Å². The van der Waals surface area contributed by atoms with Crippen LogP contribution in [0.1, 0.15) is 11.1 Å². The Hall–Kier alpha value is -1.77.